The van der Waals surface area contributed by atoms with Crippen LogP contribution in [0.1, 0.15) is 5.56 Å². The van der Waals surface area contributed by atoms with Gasteiger partial charge in [-0.1, -0.05) is 23.8 Å². The van der Waals surface area contributed by atoms with Crippen molar-refractivity contribution in [3.63, 3.8) is 0 Å². The number of benzene rings is 2. The molecule has 0 bridgehead atoms. The fourth-order valence-electron chi connectivity index (χ4n) is 2.55. The highest BCUT2D eigenvalue weighted by Gasteiger charge is 2.21. The van der Waals surface area contributed by atoms with Crippen molar-refractivity contribution in [2.45, 2.75) is 6.92 Å². The van der Waals surface area contributed by atoms with Crippen LogP contribution in [0.15, 0.2) is 42.5 Å². The Morgan fingerprint density at radius 1 is 1.08 bits per heavy atom. The van der Waals surface area contributed by atoms with E-state index in [1.165, 1.54) is 6.07 Å². The second-order valence-electron chi connectivity index (χ2n) is 5.86. The van der Waals surface area contributed by atoms with Gasteiger partial charge >= 0.3 is 7.82 Å². The van der Waals surface area contributed by atoms with Crippen LogP contribution in [-0.2, 0) is 4.57 Å². The van der Waals surface area contributed by atoms with Crippen molar-refractivity contribution >= 4 is 24.5 Å². The average Bonchev–Trinajstić information content (AvgIpc) is 2.52. The van der Waals surface area contributed by atoms with E-state index in [1.807, 2.05) is 44.1 Å². The van der Waals surface area contributed by atoms with Crippen LogP contribution in [0, 0.1) is 6.92 Å². The van der Waals surface area contributed by atoms with Gasteiger partial charge in [-0.3, -0.25) is 9.79 Å². The molecule has 2 aromatic carbocycles. The molecule has 2 N–H and O–H groups in total. The molecule has 0 radical (unpaired) electrons. The van der Waals surface area contributed by atoms with E-state index in [0.717, 1.165) is 22.3 Å². The summed E-state index contributed by atoms with van der Waals surface area (Å²) in [5.74, 6) is 1.09. The van der Waals surface area contributed by atoms with Gasteiger partial charge in [-0.05, 0) is 31.2 Å². The highest BCUT2D eigenvalue weighted by atomic mass is 31.2. The number of phosphoric acid groups is 1. The molecule has 0 aliphatic heterocycles. The fourth-order valence-corrected chi connectivity index (χ4v) is 2.96. The number of para-hydroxylation sites is 1. The van der Waals surface area contributed by atoms with Gasteiger partial charge in [0.2, 0.25) is 0 Å². The monoisotopic (exact) mass is 359 g/mol. The Morgan fingerprint density at radius 3 is 2.48 bits per heavy atom. The molecule has 0 atom stereocenters. The molecule has 0 saturated heterocycles. The average molecular weight is 359 g/mol. The van der Waals surface area contributed by atoms with Crippen LogP contribution >= 0.6 is 7.82 Å². The van der Waals surface area contributed by atoms with Gasteiger partial charge in [-0.15, -0.1) is 0 Å². The molecule has 0 fully saturated rings. The molecule has 25 heavy (non-hydrogen) atoms. The molecule has 0 spiro atoms. The van der Waals surface area contributed by atoms with Crippen molar-refractivity contribution in [2.24, 2.45) is 0 Å². The van der Waals surface area contributed by atoms with Gasteiger partial charge in [-0.2, -0.15) is 0 Å². The van der Waals surface area contributed by atoms with Crippen LogP contribution in [0.4, 0.5) is 5.82 Å². The maximum Gasteiger partial charge on any atom is 0.524 e. The first kappa shape index (κ1) is 17.4. The summed E-state index contributed by atoms with van der Waals surface area (Å²) in [7, 11) is -0.925. The molecule has 0 amide bonds. The molecular formula is C17H18N3O4P. The molecule has 0 unspecified atom stereocenters. The number of phosphoric ester groups is 1. The van der Waals surface area contributed by atoms with Crippen molar-refractivity contribution in [1.29, 1.82) is 0 Å². The van der Waals surface area contributed by atoms with Crippen molar-refractivity contribution < 1.29 is 18.9 Å². The SMILES string of the molecule is Cc1ccc2nc(-c3ccccc3OP(=O)(O)O)nc(N(C)C)c2c1. The number of anilines is 1. The predicted molar refractivity (Wildman–Crippen MR) is 96.7 cm³/mol. The summed E-state index contributed by atoms with van der Waals surface area (Å²) in [5, 5.41) is 0.905. The van der Waals surface area contributed by atoms with E-state index in [9.17, 15) is 4.57 Å². The Balaban J connectivity index is 2.24. The predicted octanol–water partition coefficient (Wildman–Crippen LogP) is 3.14. The summed E-state index contributed by atoms with van der Waals surface area (Å²) in [6, 6.07) is 12.4. The third-order valence-electron chi connectivity index (χ3n) is 3.60. The lowest BCUT2D eigenvalue weighted by Crippen LogP contribution is -2.12. The number of fused-ring (bicyclic) bond motifs is 1. The first-order chi connectivity index (χ1) is 11.7. The van der Waals surface area contributed by atoms with Gasteiger partial charge in [0.1, 0.15) is 11.6 Å². The lowest BCUT2D eigenvalue weighted by molar-refractivity contribution is 0.283. The second kappa shape index (κ2) is 6.44. The number of hydrogen-bond donors (Lipinski definition) is 2. The maximum atomic E-state index is 11.2. The molecule has 130 valence electrons. The van der Waals surface area contributed by atoms with Crippen LogP contribution in [0.5, 0.6) is 5.75 Å². The Kier molecular flexibility index (Phi) is 4.47. The van der Waals surface area contributed by atoms with E-state index < -0.39 is 7.82 Å². The zero-order valence-electron chi connectivity index (χ0n) is 14.0. The Morgan fingerprint density at radius 2 is 1.80 bits per heavy atom. The van der Waals surface area contributed by atoms with Gasteiger partial charge in [0.05, 0.1) is 11.1 Å². The van der Waals surface area contributed by atoms with Crippen LogP contribution in [0.3, 0.4) is 0 Å². The van der Waals surface area contributed by atoms with Crippen molar-refractivity contribution in [3.05, 3.63) is 48.0 Å². The Hall–Kier alpha value is -2.47. The van der Waals surface area contributed by atoms with Gasteiger partial charge in [0, 0.05) is 19.5 Å². The molecule has 0 aliphatic rings. The molecule has 0 saturated carbocycles. The highest BCUT2D eigenvalue weighted by molar-refractivity contribution is 7.46. The molecule has 7 nitrogen and oxygen atoms in total. The fraction of sp³-hybridized carbons (Fsp3) is 0.176. The van der Waals surface area contributed by atoms with Crippen molar-refractivity contribution in [2.75, 3.05) is 19.0 Å². The molecule has 3 aromatic rings. The van der Waals surface area contributed by atoms with E-state index >= 15 is 0 Å². The zero-order chi connectivity index (χ0) is 18.2. The van der Waals surface area contributed by atoms with Gasteiger partial charge in [-0.25, -0.2) is 14.5 Å². The largest absolute Gasteiger partial charge is 0.524 e. The second-order valence-corrected chi connectivity index (χ2v) is 7.03. The standard InChI is InChI=1S/C17H18N3O4P/c1-11-8-9-14-13(10-11)17(20(2)3)19-16(18-14)12-6-4-5-7-15(12)24-25(21,22)23/h4-10H,1-3H3,(H2,21,22,23). The van der Waals surface area contributed by atoms with Crippen LogP contribution in [0.25, 0.3) is 22.3 Å². The van der Waals surface area contributed by atoms with Gasteiger partial charge in [0.25, 0.3) is 0 Å². The molecule has 1 aromatic heterocycles. The Labute approximate surface area is 145 Å². The minimum Gasteiger partial charge on any atom is -0.403 e. The molecule has 1 heterocycles. The molecular weight excluding hydrogens is 341 g/mol. The Bertz CT molecular complexity index is 985. The summed E-state index contributed by atoms with van der Waals surface area (Å²) >= 11 is 0. The molecule has 3 rings (SSSR count). The number of aryl methyl sites for hydroxylation is 1. The summed E-state index contributed by atoms with van der Waals surface area (Å²) in [4.78, 5) is 29.3. The van der Waals surface area contributed by atoms with E-state index in [1.54, 1.807) is 18.2 Å². The number of rotatable bonds is 4. The summed E-state index contributed by atoms with van der Waals surface area (Å²) in [6.45, 7) is 2.00. The van der Waals surface area contributed by atoms with Gasteiger partial charge < -0.3 is 9.42 Å². The number of aromatic nitrogens is 2. The smallest absolute Gasteiger partial charge is 0.403 e. The lowest BCUT2D eigenvalue weighted by atomic mass is 10.1. The zero-order valence-corrected chi connectivity index (χ0v) is 14.9. The highest BCUT2D eigenvalue weighted by Crippen LogP contribution is 2.42. The number of nitrogens with zero attached hydrogens (tertiary/aromatic N) is 3. The van der Waals surface area contributed by atoms with Crippen LogP contribution in [-0.4, -0.2) is 33.9 Å². The molecule has 8 heteroatoms. The van der Waals surface area contributed by atoms with Gasteiger partial charge in [0.15, 0.2) is 5.82 Å². The summed E-state index contributed by atoms with van der Waals surface area (Å²) < 4.78 is 16.0. The van der Waals surface area contributed by atoms with Crippen LogP contribution in [0.2, 0.25) is 0 Å². The minimum atomic E-state index is -4.69. The first-order valence-corrected chi connectivity index (χ1v) is 9.08. The summed E-state index contributed by atoms with van der Waals surface area (Å²) in [6.07, 6.45) is 0. The first-order valence-electron chi connectivity index (χ1n) is 7.55. The van der Waals surface area contributed by atoms with E-state index in [0.29, 0.717) is 11.4 Å². The molecule has 0 aliphatic carbocycles. The quantitative estimate of drug-likeness (QED) is 0.691. The summed E-state index contributed by atoms with van der Waals surface area (Å²) in [5.41, 5.74) is 2.25. The van der Waals surface area contributed by atoms with Crippen LogP contribution < -0.4 is 9.42 Å². The van der Waals surface area contributed by atoms with E-state index in [-0.39, 0.29) is 5.75 Å². The van der Waals surface area contributed by atoms with E-state index in [2.05, 4.69) is 9.97 Å². The topological polar surface area (TPSA) is 95.8 Å². The maximum absolute atomic E-state index is 11.2. The van der Waals surface area contributed by atoms with E-state index in [4.69, 9.17) is 14.3 Å². The van der Waals surface area contributed by atoms with Crippen molar-refractivity contribution in [3.8, 4) is 17.1 Å². The van der Waals surface area contributed by atoms with Crippen molar-refractivity contribution in [1.82, 2.24) is 9.97 Å². The third kappa shape index (κ3) is 3.79. The number of hydrogen-bond acceptors (Lipinski definition) is 5. The lowest BCUT2D eigenvalue weighted by Gasteiger charge is -2.17. The third-order valence-corrected chi connectivity index (χ3v) is 4.03. The minimum absolute atomic E-state index is 0.0343. The normalized spacial score (nSPS) is 11.6.